The Hall–Kier alpha value is -1.14. The molecular weight excluding hydrogens is 363 g/mol. The first kappa shape index (κ1) is 13.3. The summed E-state index contributed by atoms with van der Waals surface area (Å²) in [6.45, 7) is 0.464. The molecule has 0 atom stereocenters. The van der Waals surface area contributed by atoms with Crippen molar-refractivity contribution in [1.29, 1.82) is 0 Å². The fourth-order valence-corrected chi connectivity index (χ4v) is 2.06. The molecule has 0 unspecified atom stereocenters. The minimum atomic E-state index is -0.117. The van der Waals surface area contributed by atoms with Crippen molar-refractivity contribution in [3.8, 4) is 0 Å². The number of nitrogens with zero attached hydrogens (tertiary/aromatic N) is 1. The van der Waals surface area contributed by atoms with Gasteiger partial charge in [-0.15, -0.1) is 0 Å². The van der Waals surface area contributed by atoms with E-state index in [4.69, 9.17) is 11.6 Å². The van der Waals surface area contributed by atoms with Crippen molar-refractivity contribution in [2.45, 2.75) is 6.54 Å². The van der Waals surface area contributed by atoms with Gasteiger partial charge < -0.3 is 5.32 Å². The van der Waals surface area contributed by atoms with Crippen LogP contribution in [0.2, 0.25) is 5.02 Å². The van der Waals surface area contributed by atoms with Gasteiger partial charge in [-0.25, -0.2) is 0 Å². The summed E-state index contributed by atoms with van der Waals surface area (Å²) >= 11 is 8.01. The van der Waals surface area contributed by atoms with Crippen molar-refractivity contribution in [3.63, 3.8) is 0 Å². The summed E-state index contributed by atoms with van der Waals surface area (Å²) in [5.41, 5.74) is 1.57. The smallest absolute Gasteiger partial charge is 0.251 e. The van der Waals surface area contributed by atoms with E-state index in [9.17, 15) is 4.79 Å². The number of hydrogen-bond acceptors (Lipinski definition) is 2. The number of aromatic nitrogens is 1. The summed E-state index contributed by atoms with van der Waals surface area (Å²) in [5, 5.41) is 3.49. The lowest BCUT2D eigenvalue weighted by molar-refractivity contribution is 0.0951. The van der Waals surface area contributed by atoms with Crippen LogP contribution in [0.3, 0.4) is 0 Å². The highest BCUT2D eigenvalue weighted by molar-refractivity contribution is 14.1. The van der Waals surface area contributed by atoms with Crippen LogP contribution < -0.4 is 5.32 Å². The molecule has 0 saturated heterocycles. The predicted molar refractivity (Wildman–Crippen MR) is 79.6 cm³/mol. The van der Waals surface area contributed by atoms with Gasteiger partial charge in [0.1, 0.15) is 0 Å². The zero-order valence-corrected chi connectivity index (χ0v) is 12.3. The number of hydrogen-bond donors (Lipinski definition) is 1. The lowest BCUT2D eigenvalue weighted by atomic mass is 10.2. The van der Waals surface area contributed by atoms with Gasteiger partial charge >= 0.3 is 0 Å². The van der Waals surface area contributed by atoms with Crippen molar-refractivity contribution in [2.24, 2.45) is 0 Å². The van der Waals surface area contributed by atoms with Crippen LogP contribution in [0.4, 0.5) is 0 Å². The standard InChI is InChI=1S/C13H10ClIN2O/c14-11-4-3-10(6-12(11)15)13(18)17-8-9-2-1-5-16-7-9/h1-7H,8H2,(H,17,18). The van der Waals surface area contributed by atoms with E-state index in [0.717, 1.165) is 9.13 Å². The minimum Gasteiger partial charge on any atom is -0.348 e. The summed E-state index contributed by atoms with van der Waals surface area (Å²) in [4.78, 5) is 15.9. The maximum atomic E-state index is 11.9. The number of carbonyl (C=O) groups is 1. The van der Waals surface area contributed by atoms with Crippen LogP contribution in [-0.2, 0) is 6.54 Å². The van der Waals surface area contributed by atoms with E-state index in [1.165, 1.54) is 0 Å². The number of carbonyl (C=O) groups excluding carboxylic acids is 1. The Morgan fingerprint density at radius 1 is 1.39 bits per heavy atom. The highest BCUT2D eigenvalue weighted by Gasteiger charge is 2.07. The summed E-state index contributed by atoms with van der Waals surface area (Å²) < 4.78 is 0.864. The third kappa shape index (κ3) is 3.43. The van der Waals surface area contributed by atoms with Crippen molar-refractivity contribution in [1.82, 2.24) is 10.3 Å². The van der Waals surface area contributed by atoms with Crippen molar-refractivity contribution < 1.29 is 4.79 Å². The van der Waals surface area contributed by atoms with Crippen LogP contribution in [0.25, 0.3) is 0 Å². The molecule has 0 aliphatic carbocycles. The summed E-state index contributed by atoms with van der Waals surface area (Å²) in [6.07, 6.45) is 3.43. The number of nitrogens with one attached hydrogen (secondary N) is 1. The SMILES string of the molecule is O=C(NCc1cccnc1)c1ccc(Cl)c(I)c1. The highest BCUT2D eigenvalue weighted by Crippen LogP contribution is 2.19. The van der Waals surface area contributed by atoms with Crippen LogP contribution in [0.1, 0.15) is 15.9 Å². The molecule has 92 valence electrons. The molecule has 1 amide bonds. The zero-order valence-electron chi connectivity index (χ0n) is 9.36. The van der Waals surface area contributed by atoms with Gasteiger partial charge in [0.15, 0.2) is 0 Å². The van der Waals surface area contributed by atoms with Gasteiger partial charge in [0.25, 0.3) is 5.91 Å². The molecule has 1 aromatic carbocycles. The molecule has 0 aliphatic heterocycles. The van der Waals surface area contributed by atoms with E-state index in [2.05, 4.69) is 32.9 Å². The van der Waals surface area contributed by atoms with E-state index in [0.29, 0.717) is 17.1 Å². The summed E-state index contributed by atoms with van der Waals surface area (Å²) in [6, 6.07) is 8.96. The van der Waals surface area contributed by atoms with Gasteiger partial charge in [0, 0.05) is 28.1 Å². The molecule has 0 spiro atoms. The Morgan fingerprint density at radius 3 is 2.89 bits per heavy atom. The second-order valence-electron chi connectivity index (χ2n) is 3.67. The summed E-state index contributed by atoms with van der Waals surface area (Å²) in [5.74, 6) is -0.117. The third-order valence-corrected chi connectivity index (χ3v) is 3.90. The average molecular weight is 373 g/mol. The maximum absolute atomic E-state index is 11.9. The zero-order chi connectivity index (χ0) is 13.0. The molecular formula is C13H10ClIN2O. The molecule has 0 aliphatic rings. The van der Waals surface area contributed by atoms with Crippen molar-refractivity contribution >= 4 is 40.1 Å². The van der Waals surface area contributed by atoms with Crippen molar-refractivity contribution in [3.05, 3.63) is 62.4 Å². The topological polar surface area (TPSA) is 42.0 Å². The van der Waals surface area contributed by atoms with Gasteiger partial charge in [0.05, 0.1) is 5.02 Å². The second kappa shape index (κ2) is 6.15. The van der Waals surface area contributed by atoms with Gasteiger partial charge in [-0.3, -0.25) is 9.78 Å². The van der Waals surface area contributed by atoms with Crippen molar-refractivity contribution in [2.75, 3.05) is 0 Å². The van der Waals surface area contributed by atoms with Crippen LogP contribution in [0.15, 0.2) is 42.7 Å². The predicted octanol–water partition coefficient (Wildman–Crippen LogP) is 3.27. The number of pyridine rings is 1. The van der Waals surface area contributed by atoms with E-state index in [1.807, 2.05) is 12.1 Å². The van der Waals surface area contributed by atoms with Gasteiger partial charge in [0.2, 0.25) is 0 Å². The normalized spacial score (nSPS) is 10.1. The molecule has 2 rings (SSSR count). The lowest BCUT2D eigenvalue weighted by Gasteiger charge is -2.06. The third-order valence-electron chi connectivity index (χ3n) is 2.36. The highest BCUT2D eigenvalue weighted by atomic mass is 127. The molecule has 0 radical (unpaired) electrons. The Labute approximate surface area is 124 Å². The van der Waals surface area contributed by atoms with Gasteiger partial charge in [-0.05, 0) is 52.4 Å². The molecule has 0 fully saturated rings. The molecule has 3 nitrogen and oxygen atoms in total. The minimum absolute atomic E-state index is 0.117. The lowest BCUT2D eigenvalue weighted by Crippen LogP contribution is -2.22. The fourth-order valence-electron chi connectivity index (χ4n) is 1.42. The second-order valence-corrected chi connectivity index (χ2v) is 5.24. The number of halogens is 2. The van der Waals surface area contributed by atoms with Crippen LogP contribution >= 0.6 is 34.2 Å². The first-order chi connectivity index (χ1) is 8.66. The summed E-state index contributed by atoms with van der Waals surface area (Å²) in [7, 11) is 0. The first-order valence-corrected chi connectivity index (χ1v) is 6.74. The molecule has 2 aromatic rings. The quantitative estimate of drug-likeness (QED) is 0.840. The Morgan fingerprint density at radius 2 is 2.22 bits per heavy atom. The molecule has 1 N–H and O–H groups in total. The molecule has 1 aromatic heterocycles. The van der Waals surface area contributed by atoms with Gasteiger partial charge in [-0.1, -0.05) is 17.7 Å². The van der Waals surface area contributed by atoms with E-state index in [-0.39, 0.29) is 5.91 Å². The fraction of sp³-hybridized carbons (Fsp3) is 0.0769. The van der Waals surface area contributed by atoms with Crippen LogP contribution in [0, 0.1) is 3.57 Å². The molecule has 0 saturated carbocycles. The average Bonchev–Trinajstić information content (AvgIpc) is 2.40. The molecule has 5 heteroatoms. The largest absolute Gasteiger partial charge is 0.348 e. The number of rotatable bonds is 3. The maximum Gasteiger partial charge on any atom is 0.251 e. The monoisotopic (exact) mass is 372 g/mol. The Balaban J connectivity index is 2.02. The van der Waals surface area contributed by atoms with Crippen LogP contribution in [0.5, 0.6) is 0 Å². The van der Waals surface area contributed by atoms with Crippen LogP contribution in [-0.4, -0.2) is 10.9 Å². The van der Waals surface area contributed by atoms with E-state index in [1.54, 1.807) is 30.6 Å². The molecule has 1 heterocycles. The number of benzene rings is 1. The molecule has 0 bridgehead atoms. The number of amides is 1. The molecule has 18 heavy (non-hydrogen) atoms. The van der Waals surface area contributed by atoms with E-state index >= 15 is 0 Å². The Bertz CT molecular complexity index is 560. The Kier molecular flexibility index (Phi) is 4.54. The van der Waals surface area contributed by atoms with E-state index < -0.39 is 0 Å². The van der Waals surface area contributed by atoms with Gasteiger partial charge in [-0.2, -0.15) is 0 Å². The first-order valence-electron chi connectivity index (χ1n) is 5.29.